The lowest BCUT2D eigenvalue weighted by Crippen LogP contribution is -2.26. The molecule has 0 fully saturated rings. The molecule has 0 aliphatic heterocycles. The molecule has 102 valence electrons. The fourth-order valence-corrected chi connectivity index (χ4v) is 3.68. The molecule has 8 heteroatoms. The number of sulfonamides is 1. The van der Waals surface area contributed by atoms with Crippen LogP contribution in [0.2, 0.25) is 5.02 Å². The molecule has 0 radical (unpaired) electrons. The molecule has 2 heterocycles. The second kappa shape index (κ2) is 5.96. The highest BCUT2D eigenvalue weighted by atomic mass is 35.5. The number of nitrogens with zero attached hydrogens (tertiary/aromatic N) is 2. The Hall–Kier alpha value is -1.02. The number of rotatable bonds is 5. The number of halogens is 1. The smallest absolute Gasteiger partial charge is 0.243 e. The lowest BCUT2D eigenvalue weighted by molar-refractivity contribution is 0.581. The second-order valence-corrected chi connectivity index (χ2v) is 6.92. The van der Waals surface area contributed by atoms with Gasteiger partial charge in [0.05, 0.1) is 10.0 Å². The van der Waals surface area contributed by atoms with Gasteiger partial charge in [0.25, 0.3) is 0 Å². The van der Waals surface area contributed by atoms with Gasteiger partial charge in [-0.25, -0.2) is 18.1 Å². The van der Waals surface area contributed by atoms with Crippen LogP contribution in [0.15, 0.2) is 28.7 Å². The largest absolute Gasteiger partial charge is 0.263 e. The zero-order valence-corrected chi connectivity index (χ0v) is 12.5. The molecule has 0 atom stereocenters. The molecular formula is C11H12ClN3O2S2. The van der Waals surface area contributed by atoms with Crippen LogP contribution < -0.4 is 4.72 Å². The SMILES string of the molecule is Cc1csc(CCNS(=O)(=O)c2cnccc2Cl)n1. The van der Waals surface area contributed by atoms with E-state index < -0.39 is 10.0 Å². The lowest BCUT2D eigenvalue weighted by atomic mass is 10.4. The summed E-state index contributed by atoms with van der Waals surface area (Å²) in [7, 11) is -3.62. The highest BCUT2D eigenvalue weighted by Crippen LogP contribution is 2.18. The van der Waals surface area contributed by atoms with Gasteiger partial charge in [-0.3, -0.25) is 4.98 Å². The maximum Gasteiger partial charge on any atom is 0.243 e. The third kappa shape index (κ3) is 3.73. The van der Waals surface area contributed by atoms with Crippen molar-refractivity contribution in [1.82, 2.24) is 14.7 Å². The number of hydrogen-bond acceptors (Lipinski definition) is 5. The molecule has 0 saturated heterocycles. The highest BCUT2D eigenvalue weighted by Gasteiger charge is 2.17. The van der Waals surface area contributed by atoms with Crippen LogP contribution in [0.5, 0.6) is 0 Å². The maximum atomic E-state index is 12.0. The summed E-state index contributed by atoms with van der Waals surface area (Å²) in [4.78, 5) is 8.03. The summed E-state index contributed by atoms with van der Waals surface area (Å²) in [6, 6.07) is 1.44. The van der Waals surface area contributed by atoms with Gasteiger partial charge in [0.2, 0.25) is 10.0 Å². The molecule has 0 aromatic carbocycles. The topological polar surface area (TPSA) is 72.0 Å². The quantitative estimate of drug-likeness (QED) is 0.915. The Balaban J connectivity index is 2.01. The predicted molar refractivity (Wildman–Crippen MR) is 75.0 cm³/mol. The molecule has 0 saturated carbocycles. The summed E-state index contributed by atoms with van der Waals surface area (Å²) < 4.78 is 26.5. The number of aromatic nitrogens is 2. The first-order chi connectivity index (χ1) is 8.99. The molecular weight excluding hydrogens is 306 g/mol. The average molecular weight is 318 g/mol. The lowest BCUT2D eigenvalue weighted by Gasteiger charge is -2.06. The van der Waals surface area contributed by atoms with E-state index in [1.165, 1.54) is 29.8 Å². The van der Waals surface area contributed by atoms with E-state index in [4.69, 9.17) is 11.6 Å². The van der Waals surface area contributed by atoms with Crippen molar-refractivity contribution in [3.8, 4) is 0 Å². The van der Waals surface area contributed by atoms with Crippen molar-refractivity contribution in [3.05, 3.63) is 39.6 Å². The first-order valence-electron chi connectivity index (χ1n) is 5.49. The molecule has 1 N–H and O–H groups in total. The van der Waals surface area contributed by atoms with E-state index in [1.54, 1.807) is 0 Å². The van der Waals surface area contributed by atoms with Crippen LogP contribution in [-0.2, 0) is 16.4 Å². The van der Waals surface area contributed by atoms with Gasteiger partial charge in [0.15, 0.2) is 0 Å². The van der Waals surface area contributed by atoms with Gasteiger partial charge in [0, 0.05) is 36.4 Å². The van der Waals surface area contributed by atoms with Crippen molar-refractivity contribution in [2.24, 2.45) is 0 Å². The number of thiazole rings is 1. The Labute approximate surface area is 120 Å². The molecule has 0 unspecified atom stereocenters. The van der Waals surface area contributed by atoms with Gasteiger partial charge in [-0.1, -0.05) is 11.6 Å². The number of nitrogens with one attached hydrogen (secondary N) is 1. The van der Waals surface area contributed by atoms with Gasteiger partial charge >= 0.3 is 0 Å². The predicted octanol–water partition coefficient (Wildman–Crippen LogP) is 2.02. The fourth-order valence-electron chi connectivity index (χ4n) is 1.45. The van der Waals surface area contributed by atoms with Crippen LogP contribution in [0, 0.1) is 6.92 Å². The standard InChI is InChI=1S/C11H12ClN3O2S2/c1-8-7-18-11(15-8)3-5-14-19(16,17)10-6-13-4-2-9(10)12/h2,4,6-7,14H,3,5H2,1H3. The fraction of sp³-hybridized carbons (Fsp3) is 0.273. The van der Waals surface area contributed by atoms with E-state index in [2.05, 4.69) is 14.7 Å². The Morgan fingerprint density at radius 2 is 2.26 bits per heavy atom. The summed E-state index contributed by atoms with van der Waals surface area (Å²) in [6.07, 6.45) is 3.23. The Kier molecular flexibility index (Phi) is 4.51. The second-order valence-electron chi connectivity index (χ2n) is 3.84. The van der Waals surface area contributed by atoms with Crippen molar-refractivity contribution >= 4 is 33.0 Å². The van der Waals surface area contributed by atoms with Crippen molar-refractivity contribution in [3.63, 3.8) is 0 Å². The molecule has 19 heavy (non-hydrogen) atoms. The summed E-state index contributed by atoms with van der Waals surface area (Å²) in [5.74, 6) is 0. The van der Waals surface area contributed by atoms with Crippen LogP contribution in [0.3, 0.4) is 0 Å². The van der Waals surface area contributed by atoms with Gasteiger partial charge in [-0.2, -0.15) is 0 Å². The molecule has 2 aromatic rings. The van der Waals surface area contributed by atoms with E-state index in [0.29, 0.717) is 6.42 Å². The van der Waals surface area contributed by atoms with Crippen LogP contribution in [0.25, 0.3) is 0 Å². The first-order valence-corrected chi connectivity index (χ1v) is 8.23. The number of hydrogen-bond donors (Lipinski definition) is 1. The summed E-state index contributed by atoms with van der Waals surface area (Å²) >= 11 is 7.35. The molecule has 0 spiro atoms. The minimum absolute atomic E-state index is 0.00742. The third-order valence-corrected chi connectivity index (χ3v) is 5.28. The third-order valence-electron chi connectivity index (χ3n) is 2.32. The number of pyridine rings is 1. The van der Waals surface area contributed by atoms with Crippen molar-refractivity contribution in [1.29, 1.82) is 0 Å². The van der Waals surface area contributed by atoms with Gasteiger partial charge in [-0.05, 0) is 13.0 Å². The van der Waals surface area contributed by atoms with E-state index in [9.17, 15) is 8.42 Å². The van der Waals surface area contributed by atoms with Crippen LogP contribution in [-0.4, -0.2) is 24.9 Å². The zero-order chi connectivity index (χ0) is 13.9. The van der Waals surface area contributed by atoms with Gasteiger partial charge in [-0.15, -0.1) is 11.3 Å². The monoisotopic (exact) mass is 317 g/mol. The molecule has 2 aromatic heterocycles. The van der Waals surface area contributed by atoms with Crippen LogP contribution in [0.4, 0.5) is 0 Å². The first kappa shape index (κ1) is 14.4. The molecule has 0 aliphatic carbocycles. The molecule has 0 amide bonds. The summed E-state index contributed by atoms with van der Waals surface area (Å²) in [5, 5.41) is 2.99. The minimum atomic E-state index is -3.62. The van der Waals surface area contributed by atoms with Crippen molar-refractivity contribution < 1.29 is 8.42 Å². The zero-order valence-electron chi connectivity index (χ0n) is 10.1. The molecule has 2 rings (SSSR count). The minimum Gasteiger partial charge on any atom is -0.263 e. The van der Waals surface area contributed by atoms with E-state index in [1.807, 2.05) is 12.3 Å². The van der Waals surface area contributed by atoms with E-state index in [0.717, 1.165) is 10.7 Å². The number of aryl methyl sites for hydroxylation is 1. The highest BCUT2D eigenvalue weighted by molar-refractivity contribution is 7.89. The molecule has 5 nitrogen and oxygen atoms in total. The Morgan fingerprint density at radius 3 is 2.89 bits per heavy atom. The normalized spacial score (nSPS) is 11.7. The summed E-state index contributed by atoms with van der Waals surface area (Å²) in [5.41, 5.74) is 0.943. The van der Waals surface area contributed by atoms with Crippen molar-refractivity contribution in [2.45, 2.75) is 18.2 Å². The van der Waals surface area contributed by atoms with Crippen LogP contribution >= 0.6 is 22.9 Å². The maximum absolute atomic E-state index is 12.0. The van der Waals surface area contributed by atoms with Crippen molar-refractivity contribution in [2.75, 3.05) is 6.54 Å². The Bertz CT molecular complexity index is 670. The molecule has 0 aliphatic rings. The summed E-state index contributed by atoms with van der Waals surface area (Å²) in [6.45, 7) is 2.18. The molecule has 0 bridgehead atoms. The van der Waals surface area contributed by atoms with Crippen LogP contribution in [0.1, 0.15) is 10.7 Å². The van der Waals surface area contributed by atoms with E-state index >= 15 is 0 Å². The van der Waals surface area contributed by atoms with Gasteiger partial charge < -0.3 is 0 Å². The Morgan fingerprint density at radius 1 is 1.47 bits per heavy atom. The van der Waals surface area contributed by atoms with E-state index in [-0.39, 0.29) is 16.5 Å². The average Bonchev–Trinajstić information content (AvgIpc) is 2.75. The van der Waals surface area contributed by atoms with Gasteiger partial charge in [0.1, 0.15) is 4.90 Å².